The first-order valence-electron chi connectivity index (χ1n) is 8.08. The van der Waals surface area contributed by atoms with E-state index < -0.39 is 10.0 Å². The minimum Gasteiger partial charge on any atom is -0.385 e. The van der Waals surface area contributed by atoms with Crippen LogP contribution in [0.15, 0.2) is 35.2 Å². The molecule has 4 N–H and O–H groups in total. The van der Waals surface area contributed by atoms with Crippen molar-refractivity contribution in [2.24, 2.45) is 5.14 Å². The molecule has 0 saturated carbocycles. The van der Waals surface area contributed by atoms with Gasteiger partial charge in [-0.05, 0) is 67.6 Å². The van der Waals surface area contributed by atoms with E-state index in [0.29, 0.717) is 11.3 Å². The van der Waals surface area contributed by atoms with Gasteiger partial charge in [0.2, 0.25) is 10.0 Å². The Morgan fingerprint density at radius 2 is 2.00 bits per heavy atom. The Balaban J connectivity index is 1.98. The molecule has 25 heavy (non-hydrogen) atoms. The van der Waals surface area contributed by atoms with Crippen molar-refractivity contribution in [3.8, 4) is 0 Å². The van der Waals surface area contributed by atoms with E-state index in [4.69, 9.17) is 5.14 Å². The Morgan fingerprint density at radius 1 is 1.24 bits per heavy atom. The van der Waals surface area contributed by atoms with Crippen molar-refractivity contribution in [1.82, 2.24) is 0 Å². The van der Waals surface area contributed by atoms with E-state index in [1.54, 1.807) is 13.0 Å². The van der Waals surface area contributed by atoms with Crippen molar-refractivity contribution in [1.29, 1.82) is 0 Å². The molecule has 132 valence electrons. The van der Waals surface area contributed by atoms with Crippen molar-refractivity contribution in [2.45, 2.75) is 31.6 Å². The highest BCUT2D eigenvalue weighted by atomic mass is 32.2. The number of nitrogens with one attached hydrogen (secondary N) is 2. The molecule has 2 aromatic rings. The smallest absolute Gasteiger partial charge is 0.256 e. The van der Waals surface area contributed by atoms with E-state index in [9.17, 15) is 13.2 Å². The standard InChI is InChI=1S/C18H21N3O3S/c1-11-9-13(25(19,23)24)10-17(12(11)2)21-18(22)15-5-3-7-16-14(15)6-4-8-20-16/h3,5,7,9-10,20H,4,6,8H2,1-2H3,(H,21,22)(H2,19,23,24). The van der Waals surface area contributed by atoms with Crippen LogP contribution < -0.4 is 15.8 Å². The number of fused-ring (bicyclic) bond motifs is 1. The van der Waals surface area contributed by atoms with Gasteiger partial charge in [-0.2, -0.15) is 0 Å². The Labute approximate surface area is 147 Å². The summed E-state index contributed by atoms with van der Waals surface area (Å²) in [7, 11) is -3.84. The van der Waals surface area contributed by atoms with E-state index in [2.05, 4.69) is 10.6 Å². The van der Waals surface area contributed by atoms with Gasteiger partial charge < -0.3 is 10.6 Å². The lowest BCUT2D eigenvalue weighted by atomic mass is 9.97. The van der Waals surface area contributed by atoms with Crippen molar-refractivity contribution in [3.05, 3.63) is 52.6 Å². The summed E-state index contributed by atoms with van der Waals surface area (Å²) in [5.41, 5.74) is 4.58. The second-order valence-corrected chi connectivity index (χ2v) is 7.84. The minimum atomic E-state index is -3.84. The molecule has 0 radical (unpaired) electrons. The van der Waals surface area contributed by atoms with E-state index in [1.165, 1.54) is 12.1 Å². The van der Waals surface area contributed by atoms with Crippen LogP contribution in [-0.2, 0) is 16.4 Å². The Hall–Kier alpha value is -2.38. The topological polar surface area (TPSA) is 101 Å². The average Bonchev–Trinajstić information content (AvgIpc) is 2.57. The number of aryl methyl sites for hydroxylation is 1. The molecule has 0 saturated heterocycles. The number of hydrogen-bond acceptors (Lipinski definition) is 4. The summed E-state index contributed by atoms with van der Waals surface area (Å²) in [6.45, 7) is 4.51. The predicted octanol–water partition coefficient (Wildman–Crippen LogP) is 2.56. The van der Waals surface area contributed by atoms with Gasteiger partial charge in [0.15, 0.2) is 0 Å². The number of hydrogen-bond donors (Lipinski definition) is 3. The van der Waals surface area contributed by atoms with Crippen LogP contribution >= 0.6 is 0 Å². The maximum absolute atomic E-state index is 12.8. The van der Waals surface area contributed by atoms with Gasteiger partial charge in [-0.15, -0.1) is 0 Å². The van der Waals surface area contributed by atoms with Gasteiger partial charge >= 0.3 is 0 Å². The SMILES string of the molecule is Cc1cc(S(N)(=O)=O)cc(NC(=O)c2cccc3c2CCCN3)c1C. The first-order valence-corrected chi connectivity index (χ1v) is 9.63. The van der Waals surface area contributed by atoms with Crippen molar-refractivity contribution in [2.75, 3.05) is 17.2 Å². The highest BCUT2D eigenvalue weighted by molar-refractivity contribution is 7.89. The fourth-order valence-corrected chi connectivity index (χ4v) is 3.66. The molecular weight excluding hydrogens is 338 g/mol. The van der Waals surface area contributed by atoms with Crippen LogP contribution in [0.4, 0.5) is 11.4 Å². The number of nitrogens with two attached hydrogens (primary N) is 1. The lowest BCUT2D eigenvalue weighted by Crippen LogP contribution is -2.20. The summed E-state index contributed by atoms with van der Waals surface area (Å²) in [6.07, 6.45) is 1.80. The molecule has 0 unspecified atom stereocenters. The average molecular weight is 359 g/mol. The summed E-state index contributed by atoms with van der Waals surface area (Å²) in [5.74, 6) is -0.255. The lowest BCUT2D eigenvalue weighted by molar-refractivity contribution is 0.102. The number of rotatable bonds is 3. The molecule has 0 atom stereocenters. The summed E-state index contributed by atoms with van der Waals surface area (Å²) in [4.78, 5) is 12.8. The highest BCUT2D eigenvalue weighted by Crippen LogP contribution is 2.28. The Bertz CT molecular complexity index is 952. The van der Waals surface area contributed by atoms with Gasteiger partial charge in [0.05, 0.1) is 4.90 Å². The maximum atomic E-state index is 12.8. The summed E-state index contributed by atoms with van der Waals surface area (Å²) in [5, 5.41) is 11.4. The van der Waals surface area contributed by atoms with Crippen molar-refractivity contribution >= 4 is 27.3 Å². The van der Waals surface area contributed by atoms with Gasteiger partial charge in [-0.1, -0.05) is 6.07 Å². The van der Waals surface area contributed by atoms with E-state index in [1.807, 2.05) is 19.1 Å². The third-order valence-corrected chi connectivity index (χ3v) is 5.45. The third kappa shape index (κ3) is 3.52. The van der Waals surface area contributed by atoms with Crippen LogP contribution in [0, 0.1) is 13.8 Å². The Morgan fingerprint density at radius 3 is 2.72 bits per heavy atom. The molecule has 0 aromatic heterocycles. The minimum absolute atomic E-state index is 0.0114. The highest BCUT2D eigenvalue weighted by Gasteiger charge is 2.19. The van der Waals surface area contributed by atoms with Gasteiger partial charge in [0.25, 0.3) is 5.91 Å². The van der Waals surface area contributed by atoms with Gasteiger partial charge in [-0.3, -0.25) is 4.79 Å². The van der Waals surface area contributed by atoms with Crippen LogP contribution in [0.5, 0.6) is 0 Å². The number of benzene rings is 2. The first kappa shape index (κ1) is 17.4. The van der Waals surface area contributed by atoms with Crippen molar-refractivity contribution < 1.29 is 13.2 Å². The van der Waals surface area contributed by atoms with Crippen LogP contribution in [0.25, 0.3) is 0 Å². The fourth-order valence-electron chi connectivity index (χ4n) is 3.03. The monoisotopic (exact) mass is 359 g/mol. The number of amides is 1. The quantitative estimate of drug-likeness (QED) is 0.784. The molecule has 1 heterocycles. The second kappa shape index (κ2) is 6.50. The molecule has 0 bridgehead atoms. The molecule has 1 aliphatic heterocycles. The largest absolute Gasteiger partial charge is 0.385 e. The zero-order valence-electron chi connectivity index (χ0n) is 14.2. The molecule has 0 spiro atoms. The maximum Gasteiger partial charge on any atom is 0.256 e. The van der Waals surface area contributed by atoms with Crippen LogP contribution in [0.3, 0.4) is 0 Å². The summed E-state index contributed by atoms with van der Waals surface area (Å²) < 4.78 is 23.3. The molecule has 6 nitrogen and oxygen atoms in total. The van der Waals surface area contributed by atoms with Crippen LogP contribution in [-0.4, -0.2) is 20.9 Å². The number of primary sulfonamides is 1. The zero-order valence-corrected chi connectivity index (χ0v) is 15.0. The second-order valence-electron chi connectivity index (χ2n) is 6.27. The zero-order chi connectivity index (χ0) is 18.2. The van der Waals surface area contributed by atoms with E-state index in [0.717, 1.165) is 41.8 Å². The molecule has 7 heteroatoms. The van der Waals surface area contributed by atoms with Crippen molar-refractivity contribution in [3.63, 3.8) is 0 Å². The van der Waals surface area contributed by atoms with Crippen LogP contribution in [0.2, 0.25) is 0 Å². The third-order valence-electron chi connectivity index (χ3n) is 4.56. The van der Waals surface area contributed by atoms with Gasteiger partial charge in [-0.25, -0.2) is 13.6 Å². The molecule has 1 aliphatic rings. The molecule has 0 aliphatic carbocycles. The normalized spacial score (nSPS) is 13.7. The van der Waals surface area contributed by atoms with Gasteiger partial charge in [0.1, 0.15) is 0 Å². The van der Waals surface area contributed by atoms with Gasteiger partial charge in [0, 0.05) is 23.5 Å². The molecule has 3 rings (SSSR count). The van der Waals surface area contributed by atoms with E-state index >= 15 is 0 Å². The van der Waals surface area contributed by atoms with Crippen LogP contribution in [0.1, 0.15) is 33.5 Å². The predicted molar refractivity (Wildman–Crippen MR) is 98.5 cm³/mol. The fraction of sp³-hybridized carbons (Fsp3) is 0.278. The number of carbonyl (C=O) groups is 1. The lowest BCUT2D eigenvalue weighted by Gasteiger charge is -2.21. The summed E-state index contributed by atoms with van der Waals surface area (Å²) in [6, 6.07) is 8.50. The molecule has 0 fully saturated rings. The molecule has 2 aromatic carbocycles. The molecular formula is C18H21N3O3S. The molecule has 1 amide bonds. The number of carbonyl (C=O) groups excluding carboxylic acids is 1. The van der Waals surface area contributed by atoms with E-state index in [-0.39, 0.29) is 10.8 Å². The first-order chi connectivity index (χ1) is 11.8. The number of sulfonamides is 1. The summed E-state index contributed by atoms with van der Waals surface area (Å²) >= 11 is 0. The Kier molecular flexibility index (Phi) is 4.53. The number of anilines is 2.